The molecule has 0 radical (unpaired) electrons. The zero-order chi connectivity index (χ0) is 11.1. The molecule has 2 fully saturated rings. The van der Waals surface area contributed by atoms with Crippen LogP contribution >= 0.6 is 0 Å². The fourth-order valence-corrected chi connectivity index (χ4v) is 2.53. The van der Waals surface area contributed by atoms with E-state index in [0.29, 0.717) is 19.6 Å². The second-order valence-corrected chi connectivity index (χ2v) is 4.32. The Morgan fingerprint density at radius 3 is 2.73 bits per heavy atom. The number of hydrogen-bond acceptors (Lipinski definition) is 4. The summed E-state index contributed by atoms with van der Waals surface area (Å²) in [4.78, 5) is 11.8. The summed E-state index contributed by atoms with van der Waals surface area (Å²) in [6.07, 6.45) is 1.62. The van der Waals surface area contributed by atoms with Crippen LogP contribution in [0.4, 0.5) is 0 Å². The Morgan fingerprint density at radius 1 is 1.53 bits per heavy atom. The van der Waals surface area contributed by atoms with Gasteiger partial charge in [-0.3, -0.25) is 0 Å². The van der Waals surface area contributed by atoms with Gasteiger partial charge in [0.15, 0.2) is 5.60 Å². The molecule has 0 bridgehead atoms. The van der Waals surface area contributed by atoms with Crippen LogP contribution in [-0.2, 0) is 19.0 Å². The fourth-order valence-electron chi connectivity index (χ4n) is 2.53. The van der Waals surface area contributed by atoms with Gasteiger partial charge in [-0.25, -0.2) is 4.79 Å². The molecule has 0 aromatic heterocycles. The first kappa shape index (κ1) is 10.9. The summed E-state index contributed by atoms with van der Waals surface area (Å²) in [6, 6.07) is 0. The molecule has 3 atom stereocenters. The second-order valence-electron chi connectivity index (χ2n) is 4.32. The van der Waals surface area contributed by atoms with Crippen molar-refractivity contribution >= 4 is 5.97 Å². The highest BCUT2D eigenvalue weighted by atomic mass is 16.7. The number of rotatable bonds is 3. The van der Waals surface area contributed by atoms with E-state index in [9.17, 15) is 4.79 Å². The summed E-state index contributed by atoms with van der Waals surface area (Å²) < 4.78 is 16.2. The van der Waals surface area contributed by atoms with Crippen LogP contribution in [0.1, 0.15) is 33.6 Å². The number of ether oxygens (including phenoxy) is 3. The standard InChI is InChI=1S/C11H18O4/c1-4-11(9(12)13-5-2)10(15-11)6-8(3)14-7-10/h8H,4-7H2,1-3H3. The Balaban J connectivity index is 2.11. The Bertz CT molecular complexity index is 278. The molecule has 0 amide bonds. The lowest BCUT2D eigenvalue weighted by atomic mass is 9.88. The van der Waals surface area contributed by atoms with Crippen molar-refractivity contribution in [1.29, 1.82) is 0 Å². The third-order valence-corrected chi connectivity index (χ3v) is 3.39. The van der Waals surface area contributed by atoms with Crippen molar-refractivity contribution in [3.63, 3.8) is 0 Å². The van der Waals surface area contributed by atoms with Crippen molar-refractivity contribution in [1.82, 2.24) is 0 Å². The molecule has 2 heterocycles. The molecule has 4 heteroatoms. The van der Waals surface area contributed by atoms with Gasteiger partial charge in [0.05, 0.1) is 19.3 Å². The molecular formula is C11H18O4. The van der Waals surface area contributed by atoms with E-state index in [2.05, 4.69) is 0 Å². The fraction of sp³-hybridized carbons (Fsp3) is 0.909. The molecular weight excluding hydrogens is 196 g/mol. The molecule has 0 N–H and O–H groups in total. The number of carbonyl (C=O) groups is 1. The summed E-state index contributed by atoms with van der Waals surface area (Å²) in [5.41, 5.74) is -1.12. The van der Waals surface area contributed by atoms with Gasteiger partial charge in [0, 0.05) is 6.42 Å². The highest BCUT2D eigenvalue weighted by Crippen LogP contribution is 2.57. The zero-order valence-corrected chi connectivity index (χ0v) is 9.54. The van der Waals surface area contributed by atoms with Crippen LogP contribution in [0.25, 0.3) is 0 Å². The molecule has 15 heavy (non-hydrogen) atoms. The van der Waals surface area contributed by atoms with Gasteiger partial charge in [-0.15, -0.1) is 0 Å². The molecule has 1 spiro atoms. The molecule has 4 nitrogen and oxygen atoms in total. The molecule has 3 unspecified atom stereocenters. The number of carbonyl (C=O) groups excluding carboxylic acids is 1. The number of hydrogen-bond donors (Lipinski definition) is 0. The van der Waals surface area contributed by atoms with Crippen molar-refractivity contribution in [3.8, 4) is 0 Å². The third kappa shape index (κ3) is 1.39. The minimum absolute atomic E-state index is 0.174. The molecule has 0 aromatic rings. The van der Waals surface area contributed by atoms with Gasteiger partial charge in [-0.2, -0.15) is 0 Å². The quantitative estimate of drug-likeness (QED) is 0.524. The van der Waals surface area contributed by atoms with Crippen molar-refractivity contribution in [3.05, 3.63) is 0 Å². The minimum Gasteiger partial charge on any atom is -0.464 e. The maximum atomic E-state index is 11.8. The van der Waals surface area contributed by atoms with Gasteiger partial charge in [0.25, 0.3) is 0 Å². The number of esters is 1. The van der Waals surface area contributed by atoms with E-state index >= 15 is 0 Å². The number of epoxide rings is 1. The van der Waals surface area contributed by atoms with Gasteiger partial charge in [-0.05, 0) is 20.3 Å². The van der Waals surface area contributed by atoms with Crippen LogP contribution in [0.5, 0.6) is 0 Å². The molecule has 86 valence electrons. The highest BCUT2D eigenvalue weighted by Gasteiger charge is 2.76. The molecule has 0 aliphatic carbocycles. The van der Waals surface area contributed by atoms with Crippen molar-refractivity contribution in [2.75, 3.05) is 13.2 Å². The summed E-state index contributed by atoms with van der Waals surface area (Å²) in [6.45, 7) is 6.68. The predicted octanol–water partition coefficient (Wildman–Crippen LogP) is 1.28. The summed E-state index contributed by atoms with van der Waals surface area (Å²) in [5, 5.41) is 0. The SMILES string of the molecule is CCOC(=O)C1(CC)OC12COC(C)C2. The first-order valence-corrected chi connectivity index (χ1v) is 5.59. The minimum atomic E-state index is -0.728. The average molecular weight is 214 g/mol. The molecule has 2 aliphatic rings. The Kier molecular flexibility index (Phi) is 2.51. The third-order valence-electron chi connectivity index (χ3n) is 3.39. The van der Waals surface area contributed by atoms with Crippen LogP contribution in [0.3, 0.4) is 0 Å². The summed E-state index contributed by atoms with van der Waals surface area (Å²) in [5.74, 6) is -0.231. The van der Waals surface area contributed by atoms with Gasteiger partial charge in [0.2, 0.25) is 0 Å². The Labute approximate surface area is 89.9 Å². The molecule has 2 aliphatic heterocycles. The first-order valence-electron chi connectivity index (χ1n) is 5.59. The van der Waals surface area contributed by atoms with E-state index in [-0.39, 0.29) is 12.1 Å². The van der Waals surface area contributed by atoms with Gasteiger partial charge < -0.3 is 14.2 Å². The predicted molar refractivity (Wildman–Crippen MR) is 53.5 cm³/mol. The lowest BCUT2D eigenvalue weighted by Crippen LogP contribution is -2.35. The maximum absolute atomic E-state index is 11.8. The van der Waals surface area contributed by atoms with Gasteiger partial charge >= 0.3 is 5.97 Å². The average Bonchev–Trinajstić information content (AvgIpc) is 2.69. The smallest absolute Gasteiger partial charge is 0.341 e. The largest absolute Gasteiger partial charge is 0.464 e. The lowest BCUT2D eigenvalue weighted by Gasteiger charge is -2.11. The second kappa shape index (κ2) is 3.46. The van der Waals surface area contributed by atoms with E-state index in [0.717, 1.165) is 6.42 Å². The zero-order valence-electron chi connectivity index (χ0n) is 9.54. The normalized spacial score (nSPS) is 43.3. The van der Waals surface area contributed by atoms with Crippen molar-refractivity contribution in [2.24, 2.45) is 0 Å². The van der Waals surface area contributed by atoms with E-state index in [1.807, 2.05) is 20.8 Å². The molecule has 0 aromatic carbocycles. The first-order chi connectivity index (χ1) is 7.10. The highest BCUT2D eigenvalue weighted by molar-refractivity contribution is 5.85. The molecule has 0 saturated carbocycles. The van der Waals surface area contributed by atoms with Crippen molar-refractivity contribution < 1.29 is 19.0 Å². The van der Waals surface area contributed by atoms with Crippen LogP contribution < -0.4 is 0 Å². The van der Waals surface area contributed by atoms with Crippen molar-refractivity contribution in [2.45, 2.75) is 50.9 Å². The van der Waals surface area contributed by atoms with Crippen LogP contribution in [0.15, 0.2) is 0 Å². The van der Waals surface area contributed by atoms with E-state index in [1.165, 1.54) is 0 Å². The Morgan fingerprint density at radius 2 is 2.27 bits per heavy atom. The lowest BCUT2D eigenvalue weighted by molar-refractivity contribution is -0.149. The monoisotopic (exact) mass is 214 g/mol. The van der Waals surface area contributed by atoms with E-state index < -0.39 is 11.2 Å². The molecule has 2 rings (SSSR count). The van der Waals surface area contributed by atoms with Crippen LogP contribution in [-0.4, -0.2) is 36.5 Å². The maximum Gasteiger partial charge on any atom is 0.341 e. The summed E-state index contributed by atoms with van der Waals surface area (Å²) in [7, 11) is 0. The van der Waals surface area contributed by atoms with Crippen LogP contribution in [0.2, 0.25) is 0 Å². The van der Waals surface area contributed by atoms with E-state index in [4.69, 9.17) is 14.2 Å². The van der Waals surface area contributed by atoms with Gasteiger partial charge in [-0.1, -0.05) is 6.92 Å². The summed E-state index contributed by atoms with van der Waals surface area (Å²) >= 11 is 0. The Hall–Kier alpha value is -0.610. The topological polar surface area (TPSA) is 48.1 Å². The van der Waals surface area contributed by atoms with Gasteiger partial charge in [0.1, 0.15) is 5.60 Å². The van der Waals surface area contributed by atoms with Crippen LogP contribution in [0, 0.1) is 0 Å². The van der Waals surface area contributed by atoms with E-state index in [1.54, 1.807) is 0 Å². The molecule has 2 saturated heterocycles.